The van der Waals surface area contributed by atoms with Crippen LogP contribution in [-0.2, 0) is 22.5 Å². The van der Waals surface area contributed by atoms with Crippen LogP contribution >= 0.6 is 0 Å². The van der Waals surface area contributed by atoms with Crippen LogP contribution in [0.5, 0.6) is 0 Å². The Balaban J connectivity index is 1.52. The van der Waals surface area contributed by atoms with E-state index in [0.717, 1.165) is 44.1 Å². The summed E-state index contributed by atoms with van der Waals surface area (Å²) in [5, 5.41) is 2.93. The van der Waals surface area contributed by atoms with Crippen LogP contribution in [0.15, 0.2) is 48.5 Å². The van der Waals surface area contributed by atoms with Crippen LogP contribution in [0.4, 0.5) is 11.4 Å². The van der Waals surface area contributed by atoms with Gasteiger partial charge in [0.05, 0.1) is 19.6 Å². The third-order valence-corrected chi connectivity index (χ3v) is 4.06. The first-order valence-electron chi connectivity index (χ1n) is 8.22. The third kappa shape index (κ3) is 4.81. The zero-order valence-electron chi connectivity index (χ0n) is 13.7. The van der Waals surface area contributed by atoms with Crippen LogP contribution in [0.3, 0.4) is 0 Å². The van der Waals surface area contributed by atoms with Gasteiger partial charge in [0.2, 0.25) is 5.91 Å². The molecule has 126 valence electrons. The lowest BCUT2D eigenvalue weighted by Crippen LogP contribution is -2.35. The minimum atomic E-state index is -0.0403. The molecule has 1 amide bonds. The van der Waals surface area contributed by atoms with Gasteiger partial charge in [0.15, 0.2) is 0 Å². The number of anilines is 2. The Kier molecular flexibility index (Phi) is 5.46. The lowest BCUT2D eigenvalue weighted by atomic mass is 10.1. The number of rotatable bonds is 5. The zero-order valence-corrected chi connectivity index (χ0v) is 13.7. The first-order valence-corrected chi connectivity index (χ1v) is 8.22. The van der Waals surface area contributed by atoms with Crippen LogP contribution < -0.4 is 11.1 Å². The van der Waals surface area contributed by atoms with E-state index in [0.29, 0.717) is 12.1 Å². The van der Waals surface area contributed by atoms with Crippen molar-refractivity contribution < 1.29 is 9.53 Å². The van der Waals surface area contributed by atoms with E-state index in [1.54, 1.807) is 0 Å². The lowest BCUT2D eigenvalue weighted by molar-refractivity contribution is -0.115. The maximum Gasteiger partial charge on any atom is 0.228 e. The predicted octanol–water partition coefficient (Wildman–Crippen LogP) is 2.28. The number of nitrogens with one attached hydrogen (secondary N) is 1. The van der Waals surface area contributed by atoms with E-state index in [4.69, 9.17) is 10.5 Å². The predicted molar refractivity (Wildman–Crippen MR) is 95.7 cm³/mol. The highest BCUT2D eigenvalue weighted by molar-refractivity contribution is 5.92. The number of benzene rings is 2. The van der Waals surface area contributed by atoms with Gasteiger partial charge in [0.1, 0.15) is 0 Å². The second-order valence-corrected chi connectivity index (χ2v) is 6.06. The molecule has 3 N–H and O–H groups in total. The molecule has 1 heterocycles. The minimum Gasteiger partial charge on any atom is -0.399 e. The number of nitrogens with two attached hydrogens (primary N) is 1. The van der Waals surface area contributed by atoms with Crippen LogP contribution in [0, 0.1) is 0 Å². The van der Waals surface area contributed by atoms with Crippen molar-refractivity contribution in [2.24, 2.45) is 0 Å². The van der Waals surface area contributed by atoms with Crippen molar-refractivity contribution in [1.82, 2.24) is 4.90 Å². The number of morpholine rings is 1. The number of carbonyl (C=O) groups is 1. The van der Waals surface area contributed by atoms with E-state index in [-0.39, 0.29) is 5.91 Å². The standard InChI is InChI=1S/C19H23N3O2/c20-17-3-1-2-16(12-17)13-19(23)21-18-6-4-15(5-7-18)14-22-8-10-24-11-9-22/h1-7,12H,8-11,13-14,20H2,(H,21,23). The van der Waals surface area contributed by atoms with Gasteiger partial charge in [-0.2, -0.15) is 0 Å². The Labute approximate surface area is 142 Å². The average molecular weight is 325 g/mol. The van der Waals surface area contributed by atoms with Gasteiger partial charge in [-0.15, -0.1) is 0 Å². The molecule has 0 bridgehead atoms. The highest BCUT2D eigenvalue weighted by atomic mass is 16.5. The maximum absolute atomic E-state index is 12.1. The van der Waals surface area contributed by atoms with E-state index in [2.05, 4.69) is 22.3 Å². The summed E-state index contributed by atoms with van der Waals surface area (Å²) in [6.45, 7) is 4.47. The Morgan fingerprint density at radius 2 is 1.83 bits per heavy atom. The summed E-state index contributed by atoms with van der Waals surface area (Å²) in [7, 11) is 0. The summed E-state index contributed by atoms with van der Waals surface area (Å²) < 4.78 is 5.36. The quantitative estimate of drug-likeness (QED) is 0.828. The van der Waals surface area contributed by atoms with Crippen molar-refractivity contribution in [3.8, 4) is 0 Å². The Morgan fingerprint density at radius 1 is 1.08 bits per heavy atom. The van der Waals surface area contributed by atoms with Gasteiger partial charge in [-0.3, -0.25) is 9.69 Å². The molecule has 1 fully saturated rings. The second kappa shape index (κ2) is 7.95. The van der Waals surface area contributed by atoms with Gasteiger partial charge in [0.25, 0.3) is 0 Å². The van der Waals surface area contributed by atoms with E-state index in [1.807, 2.05) is 36.4 Å². The number of hydrogen-bond donors (Lipinski definition) is 2. The number of carbonyl (C=O) groups excluding carboxylic acids is 1. The van der Waals surface area contributed by atoms with Gasteiger partial charge >= 0.3 is 0 Å². The smallest absolute Gasteiger partial charge is 0.228 e. The molecule has 0 radical (unpaired) electrons. The van der Waals surface area contributed by atoms with E-state index in [9.17, 15) is 4.79 Å². The van der Waals surface area contributed by atoms with Crippen LogP contribution in [-0.4, -0.2) is 37.1 Å². The van der Waals surface area contributed by atoms with Crippen LogP contribution in [0.25, 0.3) is 0 Å². The largest absolute Gasteiger partial charge is 0.399 e. The highest BCUT2D eigenvalue weighted by Gasteiger charge is 2.10. The zero-order chi connectivity index (χ0) is 16.8. The SMILES string of the molecule is Nc1cccc(CC(=O)Nc2ccc(CN3CCOCC3)cc2)c1. The molecule has 1 aliphatic heterocycles. The molecule has 2 aromatic carbocycles. The Hall–Kier alpha value is -2.37. The fourth-order valence-electron chi connectivity index (χ4n) is 2.80. The van der Waals surface area contributed by atoms with E-state index in [1.165, 1.54) is 5.56 Å². The number of nitrogen functional groups attached to an aromatic ring is 1. The molecular weight excluding hydrogens is 302 g/mol. The number of hydrogen-bond acceptors (Lipinski definition) is 4. The molecule has 0 saturated carbocycles. The molecular formula is C19H23N3O2. The minimum absolute atomic E-state index is 0.0403. The third-order valence-electron chi connectivity index (χ3n) is 4.06. The molecule has 1 saturated heterocycles. The van der Waals surface area contributed by atoms with Gasteiger partial charge in [-0.1, -0.05) is 24.3 Å². The molecule has 0 aromatic heterocycles. The summed E-state index contributed by atoms with van der Waals surface area (Å²) in [6, 6.07) is 15.4. The Morgan fingerprint density at radius 3 is 2.54 bits per heavy atom. The van der Waals surface area contributed by atoms with Gasteiger partial charge in [0, 0.05) is 31.0 Å². The topological polar surface area (TPSA) is 67.6 Å². The monoisotopic (exact) mass is 325 g/mol. The number of amides is 1. The summed E-state index contributed by atoms with van der Waals surface area (Å²) >= 11 is 0. The second-order valence-electron chi connectivity index (χ2n) is 6.06. The fraction of sp³-hybridized carbons (Fsp3) is 0.316. The van der Waals surface area contributed by atoms with Crippen molar-refractivity contribution in [2.75, 3.05) is 37.4 Å². The lowest BCUT2D eigenvalue weighted by Gasteiger charge is -2.26. The molecule has 0 unspecified atom stereocenters. The van der Waals surface area contributed by atoms with Gasteiger partial charge in [-0.05, 0) is 35.4 Å². The molecule has 1 aliphatic rings. The molecule has 24 heavy (non-hydrogen) atoms. The van der Waals surface area contributed by atoms with Crippen molar-refractivity contribution in [3.63, 3.8) is 0 Å². The molecule has 2 aromatic rings. The van der Waals surface area contributed by atoms with Crippen LogP contribution in [0.2, 0.25) is 0 Å². The summed E-state index contributed by atoms with van der Waals surface area (Å²) in [6.07, 6.45) is 0.320. The van der Waals surface area contributed by atoms with Crippen LogP contribution in [0.1, 0.15) is 11.1 Å². The summed E-state index contributed by atoms with van der Waals surface area (Å²) in [5.41, 5.74) is 9.38. The maximum atomic E-state index is 12.1. The van der Waals surface area contributed by atoms with E-state index < -0.39 is 0 Å². The van der Waals surface area contributed by atoms with E-state index >= 15 is 0 Å². The average Bonchev–Trinajstić information content (AvgIpc) is 2.57. The Bertz CT molecular complexity index is 679. The van der Waals surface area contributed by atoms with Gasteiger partial charge < -0.3 is 15.8 Å². The summed E-state index contributed by atoms with van der Waals surface area (Å²) in [4.78, 5) is 14.5. The van der Waals surface area contributed by atoms with Crippen molar-refractivity contribution in [1.29, 1.82) is 0 Å². The fourth-order valence-corrected chi connectivity index (χ4v) is 2.80. The van der Waals surface area contributed by atoms with Gasteiger partial charge in [-0.25, -0.2) is 0 Å². The highest BCUT2D eigenvalue weighted by Crippen LogP contribution is 2.14. The molecule has 0 atom stereocenters. The molecule has 5 heteroatoms. The molecule has 3 rings (SSSR count). The molecule has 0 spiro atoms. The number of ether oxygens (including phenoxy) is 1. The number of nitrogens with zero attached hydrogens (tertiary/aromatic N) is 1. The normalized spacial score (nSPS) is 15.2. The van der Waals surface area contributed by atoms with Crippen molar-refractivity contribution >= 4 is 17.3 Å². The van der Waals surface area contributed by atoms with Crippen molar-refractivity contribution in [2.45, 2.75) is 13.0 Å². The van der Waals surface area contributed by atoms with Crippen molar-refractivity contribution in [3.05, 3.63) is 59.7 Å². The first-order chi connectivity index (χ1) is 11.7. The summed E-state index contributed by atoms with van der Waals surface area (Å²) in [5.74, 6) is -0.0403. The molecule has 0 aliphatic carbocycles. The molecule has 5 nitrogen and oxygen atoms in total. The first kappa shape index (κ1) is 16.5.